The number of thioether (sulfide) groups is 1. The Balaban J connectivity index is 1.84. The van der Waals surface area contributed by atoms with E-state index >= 15 is 0 Å². The lowest BCUT2D eigenvalue weighted by atomic mass is 10.2. The van der Waals surface area contributed by atoms with Crippen LogP contribution in [0.4, 0.5) is 5.69 Å². The van der Waals surface area contributed by atoms with Gasteiger partial charge in [-0.1, -0.05) is 41.6 Å². The van der Waals surface area contributed by atoms with Crippen molar-refractivity contribution in [3.05, 3.63) is 64.4 Å². The average Bonchev–Trinajstić information content (AvgIpc) is 2.68. The van der Waals surface area contributed by atoms with E-state index in [2.05, 4.69) is 10.3 Å². The normalized spacial score (nSPS) is 12.1. The number of anilines is 1. The van der Waals surface area contributed by atoms with Crippen molar-refractivity contribution in [3.8, 4) is 0 Å². The third kappa shape index (κ3) is 4.61. The number of aryl methyl sites for hydroxylation is 1. The summed E-state index contributed by atoms with van der Waals surface area (Å²) in [4.78, 5) is 30.0. The number of aromatic nitrogens is 2. The number of carbonyl (C=O) groups is 1. The summed E-state index contributed by atoms with van der Waals surface area (Å²) in [5.41, 5.74) is 2.36. The van der Waals surface area contributed by atoms with E-state index in [1.165, 1.54) is 11.8 Å². The molecule has 0 bridgehead atoms. The summed E-state index contributed by atoms with van der Waals surface area (Å²) in [6.45, 7) is 4.27. The summed E-state index contributed by atoms with van der Waals surface area (Å²) >= 11 is 1.24. The number of para-hydroxylation sites is 1. The van der Waals surface area contributed by atoms with Crippen molar-refractivity contribution in [3.63, 3.8) is 0 Å². The van der Waals surface area contributed by atoms with E-state index in [0.29, 0.717) is 22.7 Å². The van der Waals surface area contributed by atoms with Crippen LogP contribution in [0.5, 0.6) is 0 Å². The predicted octanol–water partition coefficient (Wildman–Crippen LogP) is 3.64. The quantitative estimate of drug-likeness (QED) is 0.487. The molecule has 6 nitrogen and oxygen atoms in total. The molecule has 1 atom stereocenters. The van der Waals surface area contributed by atoms with Gasteiger partial charge in [-0.15, -0.1) is 0 Å². The standard InChI is InChI=1S/C21H23N3O3S/c1-14-8-10-16(11-9-14)22-19(25)13-28-21-23-18-7-5-4-6-17(18)20(26)24(21)15(2)12-27-3/h4-11,15H,12-13H2,1-3H3,(H,22,25)/t15-/m1/s1. The molecule has 146 valence electrons. The highest BCUT2D eigenvalue weighted by atomic mass is 32.2. The summed E-state index contributed by atoms with van der Waals surface area (Å²) in [6, 6.07) is 14.6. The molecule has 7 heteroatoms. The summed E-state index contributed by atoms with van der Waals surface area (Å²) < 4.78 is 6.83. The maximum Gasteiger partial charge on any atom is 0.262 e. The number of hydrogen-bond acceptors (Lipinski definition) is 5. The number of benzene rings is 2. The van der Waals surface area contributed by atoms with Crippen LogP contribution in [0.25, 0.3) is 10.9 Å². The van der Waals surface area contributed by atoms with Gasteiger partial charge in [-0.05, 0) is 38.1 Å². The molecule has 0 saturated heterocycles. The number of fused-ring (bicyclic) bond motifs is 1. The van der Waals surface area contributed by atoms with E-state index < -0.39 is 0 Å². The highest BCUT2D eigenvalue weighted by Crippen LogP contribution is 2.21. The minimum atomic E-state index is -0.197. The van der Waals surface area contributed by atoms with Gasteiger partial charge in [-0.3, -0.25) is 14.2 Å². The second-order valence-corrected chi connectivity index (χ2v) is 7.54. The van der Waals surface area contributed by atoms with E-state index in [-0.39, 0.29) is 23.3 Å². The zero-order valence-electron chi connectivity index (χ0n) is 16.1. The van der Waals surface area contributed by atoms with Gasteiger partial charge < -0.3 is 10.1 Å². The second kappa shape index (κ2) is 9.03. The molecule has 1 heterocycles. The number of amides is 1. The molecule has 0 fully saturated rings. The van der Waals surface area contributed by atoms with Gasteiger partial charge in [-0.2, -0.15) is 0 Å². The molecule has 0 unspecified atom stereocenters. The zero-order chi connectivity index (χ0) is 20.1. The van der Waals surface area contributed by atoms with E-state index in [1.807, 2.05) is 50.2 Å². The molecule has 0 aliphatic carbocycles. The van der Waals surface area contributed by atoms with Crippen molar-refractivity contribution in [2.24, 2.45) is 0 Å². The van der Waals surface area contributed by atoms with Crippen LogP contribution in [0, 0.1) is 6.92 Å². The van der Waals surface area contributed by atoms with Crippen LogP contribution >= 0.6 is 11.8 Å². The van der Waals surface area contributed by atoms with E-state index in [1.54, 1.807) is 23.8 Å². The van der Waals surface area contributed by atoms with Crippen LogP contribution < -0.4 is 10.9 Å². The number of hydrogen-bond donors (Lipinski definition) is 1. The van der Waals surface area contributed by atoms with Gasteiger partial charge in [0.1, 0.15) is 0 Å². The highest BCUT2D eigenvalue weighted by Gasteiger charge is 2.17. The first kappa shape index (κ1) is 20.1. The highest BCUT2D eigenvalue weighted by molar-refractivity contribution is 7.99. The third-order valence-corrected chi connectivity index (χ3v) is 5.24. The summed E-state index contributed by atoms with van der Waals surface area (Å²) in [5.74, 6) is 0.000414. The fourth-order valence-corrected chi connectivity index (χ4v) is 3.79. The van der Waals surface area contributed by atoms with Crippen LogP contribution in [0.3, 0.4) is 0 Å². The van der Waals surface area contributed by atoms with Gasteiger partial charge in [0.15, 0.2) is 5.16 Å². The maximum absolute atomic E-state index is 13.0. The van der Waals surface area contributed by atoms with Gasteiger partial charge in [0, 0.05) is 12.8 Å². The molecule has 1 N–H and O–H groups in total. The molecule has 0 radical (unpaired) electrons. The lowest BCUT2D eigenvalue weighted by molar-refractivity contribution is -0.113. The first-order valence-corrected chi connectivity index (χ1v) is 9.97. The van der Waals surface area contributed by atoms with Crippen molar-refractivity contribution in [2.75, 3.05) is 24.8 Å². The van der Waals surface area contributed by atoms with Crippen LogP contribution in [0.2, 0.25) is 0 Å². The summed E-state index contributed by atoms with van der Waals surface area (Å²) in [7, 11) is 1.60. The molecule has 0 aliphatic rings. The van der Waals surface area contributed by atoms with Crippen molar-refractivity contribution in [1.82, 2.24) is 9.55 Å². The van der Waals surface area contributed by atoms with Crippen molar-refractivity contribution >= 4 is 34.3 Å². The number of carbonyl (C=O) groups excluding carboxylic acids is 1. The number of methoxy groups -OCH3 is 1. The number of nitrogens with zero attached hydrogens (tertiary/aromatic N) is 2. The molecule has 3 rings (SSSR count). The maximum atomic E-state index is 13.0. The molecule has 0 spiro atoms. The molecule has 1 amide bonds. The Morgan fingerprint density at radius 3 is 2.64 bits per heavy atom. The lowest BCUT2D eigenvalue weighted by Crippen LogP contribution is -2.29. The van der Waals surface area contributed by atoms with Gasteiger partial charge in [0.25, 0.3) is 5.56 Å². The Hall–Kier alpha value is -2.64. The number of rotatable bonds is 7. The molecule has 28 heavy (non-hydrogen) atoms. The van der Waals surface area contributed by atoms with Crippen LogP contribution in [-0.4, -0.2) is 34.9 Å². The largest absolute Gasteiger partial charge is 0.383 e. The molecule has 3 aromatic rings. The van der Waals surface area contributed by atoms with Crippen LogP contribution in [0.15, 0.2) is 58.5 Å². The van der Waals surface area contributed by atoms with E-state index in [4.69, 9.17) is 4.74 Å². The number of nitrogens with one attached hydrogen (secondary N) is 1. The summed E-state index contributed by atoms with van der Waals surface area (Å²) in [5, 5.41) is 3.93. The second-order valence-electron chi connectivity index (χ2n) is 6.59. The molecule has 1 aromatic heterocycles. The van der Waals surface area contributed by atoms with Gasteiger partial charge >= 0.3 is 0 Å². The number of ether oxygens (including phenoxy) is 1. The van der Waals surface area contributed by atoms with Crippen LogP contribution in [0.1, 0.15) is 18.5 Å². The fraction of sp³-hybridized carbons (Fsp3) is 0.286. The fourth-order valence-electron chi connectivity index (χ4n) is 2.90. The van der Waals surface area contributed by atoms with Crippen molar-refractivity contribution in [1.29, 1.82) is 0 Å². The summed E-state index contributed by atoms with van der Waals surface area (Å²) in [6.07, 6.45) is 0. The average molecular weight is 398 g/mol. The Labute approximate surface area is 167 Å². The Morgan fingerprint density at radius 2 is 1.93 bits per heavy atom. The molecular weight excluding hydrogens is 374 g/mol. The minimum Gasteiger partial charge on any atom is -0.383 e. The smallest absolute Gasteiger partial charge is 0.262 e. The first-order valence-electron chi connectivity index (χ1n) is 8.99. The molecular formula is C21H23N3O3S. The van der Waals surface area contributed by atoms with Gasteiger partial charge in [-0.25, -0.2) is 4.98 Å². The minimum absolute atomic E-state index is 0.128. The molecule has 0 aliphatic heterocycles. The first-order chi connectivity index (χ1) is 13.5. The topological polar surface area (TPSA) is 73.2 Å². The lowest BCUT2D eigenvalue weighted by Gasteiger charge is -2.18. The Kier molecular flexibility index (Phi) is 6.49. The monoisotopic (exact) mass is 397 g/mol. The predicted molar refractivity (Wildman–Crippen MR) is 113 cm³/mol. The van der Waals surface area contributed by atoms with E-state index in [9.17, 15) is 9.59 Å². The van der Waals surface area contributed by atoms with Crippen LogP contribution in [-0.2, 0) is 9.53 Å². The Morgan fingerprint density at radius 1 is 1.21 bits per heavy atom. The SMILES string of the molecule is COC[C@@H](C)n1c(SCC(=O)Nc2ccc(C)cc2)nc2ccccc2c1=O. The van der Waals surface area contributed by atoms with Gasteiger partial charge in [0.2, 0.25) is 5.91 Å². The van der Waals surface area contributed by atoms with Crippen molar-refractivity contribution < 1.29 is 9.53 Å². The third-order valence-electron chi connectivity index (χ3n) is 4.29. The zero-order valence-corrected chi connectivity index (χ0v) is 17.0. The van der Waals surface area contributed by atoms with E-state index in [0.717, 1.165) is 11.3 Å². The molecule has 0 saturated carbocycles. The Bertz CT molecular complexity index is 1030. The van der Waals surface area contributed by atoms with Gasteiger partial charge in [0.05, 0.1) is 29.3 Å². The molecule has 2 aromatic carbocycles. The van der Waals surface area contributed by atoms with Crippen molar-refractivity contribution in [2.45, 2.75) is 25.0 Å².